The molecule has 0 spiro atoms. The molecule has 0 N–H and O–H groups in total. The van der Waals surface area contributed by atoms with Crippen molar-refractivity contribution in [2.75, 3.05) is 0 Å². The molecule has 0 aliphatic carbocycles. The quantitative estimate of drug-likeness (QED) is 0.348. The molecule has 0 rings (SSSR count). The Morgan fingerprint density at radius 2 is 2.17 bits per heavy atom. The topological polar surface area (TPSA) is 43.4 Å². The van der Waals surface area contributed by atoms with Crippen LogP contribution in [-0.2, 0) is 14.3 Å². The van der Waals surface area contributed by atoms with E-state index in [1.54, 1.807) is 6.92 Å². The number of carbonyl (C=O) groups excluding carboxylic acids is 2. The van der Waals surface area contributed by atoms with Crippen molar-refractivity contribution in [1.29, 1.82) is 0 Å². The zero-order valence-corrected chi connectivity index (χ0v) is 7.71. The van der Waals surface area contributed by atoms with Gasteiger partial charge < -0.3 is 4.74 Å². The Kier molecular flexibility index (Phi) is 6.34. The number of carbonyl (C=O) groups is 2. The zero-order chi connectivity index (χ0) is 9.40. The van der Waals surface area contributed by atoms with Gasteiger partial charge in [-0.1, -0.05) is 19.8 Å². The van der Waals surface area contributed by atoms with Crippen molar-refractivity contribution in [2.24, 2.45) is 0 Å². The minimum absolute atomic E-state index is 0.275. The van der Waals surface area contributed by atoms with Gasteiger partial charge in [-0.2, -0.15) is 0 Å². The van der Waals surface area contributed by atoms with Crippen LogP contribution in [0.25, 0.3) is 0 Å². The van der Waals surface area contributed by atoms with E-state index in [0.29, 0.717) is 12.7 Å². The molecule has 3 heteroatoms. The monoisotopic (exact) mass is 172 g/mol. The number of rotatable bonds is 6. The van der Waals surface area contributed by atoms with Crippen LogP contribution in [-0.4, -0.2) is 18.4 Å². The maximum absolute atomic E-state index is 10.9. The highest BCUT2D eigenvalue weighted by molar-refractivity contribution is 5.72. The lowest BCUT2D eigenvalue weighted by molar-refractivity contribution is -0.150. The normalized spacial score (nSPS) is 12.2. The van der Waals surface area contributed by atoms with Crippen molar-refractivity contribution in [3.8, 4) is 0 Å². The zero-order valence-electron chi connectivity index (χ0n) is 7.71. The average molecular weight is 172 g/mol. The Hall–Kier alpha value is -0.860. The first kappa shape index (κ1) is 11.1. The minimum atomic E-state index is -0.598. The fourth-order valence-electron chi connectivity index (χ4n) is 0.813. The Labute approximate surface area is 73.1 Å². The molecule has 0 aliphatic rings. The number of hydrogen-bond donors (Lipinski definition) is 0. The van der Waals surface area contributed by atoms with E-state index in [4.69, 9.17) is 4.74 Å². The molecule has 0 aromatic heterocycles. The summed E-state index contributed by atoms with van der Waals surface area (Å²) in [5, 5.41) is 0. The molecular formula is C9H16O3. The van der Waals surface area contributed by atoms with Crippen LogP contribution in [0.15, 0.2) is 0 Å². The summed E-state index contributed by atoms with van der Waals surface area (Å²) >= 11 is 0. The maximum atomic E-state index is 10.9. The van der Waals surface area contributed by atoms with Crippen molar-refractivity contribution in [3.63, 3.8) is 0 Å². The minimum Gasteiger partial charge on any atom is -0.455 e. The number of esters is 1. The van der Waals surface area contributed by atoms with Crippen LogP contribution < -0.4 is 0 Å². The summed E-state index contributed by atoms with van der Waals surface area (Å²) in [6.07, 6.45) is 3.41. The SMILES string of the molecule is CCCCCC(=O)OC(C)C=O. The second-order valence-corrected chi connectivity index (χ2v) is 2.79. The summed E-state index contributed by atoms with van der Waals surface area (Å²) in [6.45, 7) is 3.63. The average Bonchev–Trinajstić information content (AvgIpc) is 2.05. The second-order valence-electron chi connectivity index (χ2n) is 2.79. The molecule has 1 unspecified atom stereocenters. The largest absolute Gasteiger partial charge is 0.455 e. The summed E-state index contributed by atoms with van der Waals surface area (Å²) in [5.41, 5.74) is 0. The third-order valence-corrected chi connectivity index (χ3v) is 1.49. The molecule has 0 radical (unpaired) electrons. The number of unbranched alkanes of at least 4 members (excludes halogenated alkanes) is 2. The van der Waals surface area contributed by atoms with Gasteiger partial charge in [-0.05, 0) is 13.3 Å². The molecule has 0 aromatic carbocycles. The molecule has 0 aromatic rings. The number of aldehydes is 1. The van der Waals surface area contributed by atoms with Crippen molar-refractivity contribution in [2.45, 2.75) is 45.6 Å². The van der Waals surface area contributed by atoms with Crippen LogP contribution in [0.4, 0.5) is 0 Å². The first-order chi connectivity index (χ1) is 5.70. The third-order valence-electron chi connectivity index (χ3n) is 1.49. The predicted molar refractivity (Wildman–Crippen MR) is 45.8 cm³/mol. The Bertz CT molecular complexity index is 143. The van der Waals surface area contributed by atoms with Gasteiger partial charge in [0, 0.05) is 6.42 Å². The molecular weight excluding hydrogens is 156 g/mol. The van der Waals surface area contributed by atoms with Crippen LogP contribution in [0.3, 0.4) is 0 Å². The summed E-state index contributed by atoms with van der Waals surface area (Å²) in [6, 6.07) is 0. The van der Waals surface area contributed by atoms with E-state index >= 15 is 0 Å². The smallest absolute Gasteiger partial charge is 0.306 e. The third kappa shape index (κ3) is 5.89. The van der Waals surface area contributed by atoms with E-state index in [-0.39, 0.29) is 5.97 Å². The molecule has 0 bridgehead atoms. The Morgan fingerprint density at radius 3 is 2.67 bits per heavy atom. The molecule has 0 fully saturated rings. The second kappa shape index (κ2) is 6.83. The van der Waals surface area contributed by atoms with Crippen molar-refractivity contribution >= 4 is 12.3 Å². The Balaban J connectivity index is 3.39. The van der Waals surface area contributed by atoms with E-state index in [1.807, 2.05) is 0 Å². The molecule has 1 atom stereocenters. The first-order valence-corrected chi connectivity index (χ1v) is 4.35. The van der Waals surface area contributed by atoms with Gasteiger partial charge >= 0.3 is 5.97 Å². The van der Waals surface area contributed by atoms with Crippen LogP contribution in [0, 0.1) is 0 Å². The summed E-state index contributed by atoms with van der Waals surface area (Å²) in [7, 11) is 0. The lowest BCUT2D eigenvalue weighted by Crippen LogP contribution is -2.15. The lowest BCUT2D eigenvalue weighted by Gasteiger charge is -2.05. The highest BCUT2D eigenvalue weighted by Gasteiger charge is 2.06. The van der Waals surface area contributed by atoms with E-state index in [0.717, 1.165) is 19.3 Å². The highest BCUT2D eigenvalue weighted by atomic mass is 16.5. The van der Waals surface area contributed by atoms with Gasteiger partial charge in [0.2, 0.25) is 0 Å². The van der Waals surface area contributed by atoms with Crippen LogP contribution >= 0.6 is 0 Å². The van der Waals surface area contributed by atoms with Crippen LogP contribution in [0.1, 0.15) is 39.5 Å². The molecule has 0 amide bonds. The molecule has 0 saturated heterocycles. The molecule has 0 heterocycles. The highest BCUT2D eigenvalue weighted by Crippen LogP contribution is 2.01. The lowest BCUT2D eigenvalue weighted by atomic mass is 10.2. The fraction of sp³-hybridized carbons (Fsp3) is 0.778. The van der Waals surface area contributed by atoms with Crippen molar-refractivity contribution in [1.82, 2.24) is 0 Å². The van der Waals surface area contributed by atoms with Gasteiger partial charge in [-0.15, -0.1) is 0 Å². The van der Waals surface area contributed by atoms with E-state index in [1.165, 1.54) is 0 Å². The van der Waals surface area contributed by atoms with Gasteiger partial charge in [0.15, 0.2) is 12.4 Å². The summed E-state index contributed by atoms with van der Waals surface area (Å²) < 4.78 is 4.74. The fourth-order valence-corrected chi connectivity index (χ4v) is 0.813. The Morgan fingerprint density at radius 1 is 1.50 bits per heavy atom. The summed E-state index contributed by atoms with van der Waals surface area (Å²) in [4.78, 5) is 21.0. The number of ether oxygens (including phenoxy) is 1. The van der Waals surface area contributed by atoms with E-state index in [9.17, 15) is 9.59 Å². The molecule has 0 aliphatic heterocycles. The van der Waals surface area contributed by atoms with E-state index < -0.39 is 6.10 Å². The van der Waals surface area contributed by atoms with Gasteiger partial charge in [0.25, 0.3) is 0 Å². The van der Waals surface area contributed by atoms with Crippen molar-refractivity contribution in [3.05, 3.63) is 0 Å². The number of hydrogen-bond acceptors (Lipinski definition) is 3. The van der Waals surface area contributed by atoms with Crippen molar-refractivity contribution < 1.29 is 14.3 Å². The molecule has 12 heavy (non-hydrogen) atoms. The first-order valence-electron chi connectivity index (χ1n) is 4.35. The molecule has 0 saturated carbocycles. The van der Waals surface area contributed by atoms with E-state index in [2.05, 4.69) is 6.92 Å². The molecule has 70 valence electrons. The standard InChI is InChI=1S/C9H16O3/c1-3-4-5-6-9(11)12-8(2)7-10/h7-8H,3-6H2,1-2H3. The summed E-state index contributed by atoms with van der Waals surface area (Å²) in [5.74, 6) is -0.275. The van der Waals surface area contributed by atoms with Gasteiger partial charge in [-0.3, -0.25) is 9.59 Å². The van der Waals surface area contributed by atoms with Gasteiger partial charge in [0.05, 0.1) is 0 Å². The van der Waals surface area contributed by atoms with Crippen LogP contribution in [0.2, 0.25) is 0 Å². The maximum Gasteiger partial charge on any atom is 0.306 e. The van der Waals surface area contributed by atoms with Crippen LogP contribution in [0.5, 0.6) is 0 Å². The predicted octanol–water partition coefficient (Wildman–Crippen LogP) is 1.70. The molecule has 3 nitrogen and oxygen atoms in total. The van der Waals surface area contributed by atoms with Gasteiger partial charge in [0.1, 0.15) is 0 Å². The van der Waals surface area contributed by atoms with Gasteiger partial charge in [-0.25, -0.2) is 0 Å².